The summed E-state index contributed by atoms with van der Waals surface area (Å²) in [5, 5.41) is 0. The Kier molecular flexibility index (Phi) is 4.94. The van der Waals surface area contributed by atoms with Crippen molar-refractivity contribution in [1.82, 2.24) is 4.90 Å². The van der Waals surface area contributed by atoms with Gasteiger partial charge in [-0.05, 0) is 43.5 Å². The van der Waals surface area contributed by atoms with Crippen LogP contribution in [0.4, 0.5) is 4.39 Å². The van der Waals surface area contributed by atoms with Gasteiger partial charge >= 0.3 is 0 Å². The molecule has 1 aliphatic carbocycles. The van der Waals surface area contributed by atoms with Gasteiger partial charge in [-0.3, -0.25) is 4.90 Å². The van der Waals surface area contributed by atoms with Gasteiger partial charge in [0.05, 0.1) is 0 Å². The smallest absolute Gasteiger partial charge is 0.123 e. The Labute approximate surface area is 115 Å². The first-order chi connectivity index (χ1) is 9.20. The topological polar surface area (TPSA) is 29.3 Å². The van der Waals surface area contributed by atoms with E-state index in [0.29, 0.717) is 0 Å². The fourth-order valence-corrected chi connectivity index (χ4v) is 3.25. The van der Waals surface area contributed by atoms with E-state index in [0.717, 1.165) is 26.1 Å². The monoisotopic (exact) mass is 264 g/mol. The first-order valence-corrected chi connectivity index (χ1v) is 7.40. The molecule has 0 bridgehead atoms. The van der Waals surface area contributed by atoms with E-state index >= 15 is 0 Å². The van der Waals surface area contributed by atoms with Crippen molar-refractivity contribution >= 4 is 0 Å². The molecule has 1 saturated carbocycles. The number of nitrogens with zero attached hydrogens (tertiary/aromatic N) is 1. The molecule has 0 aromatic heterocycles. The molecule has 2 N–H and O–H groups in total. The van der Waals surface area contributed by atoms with Gasteiger partial charge in [0.1, 0.15) is 5.82 Å². The number of rotatable bonds is 6. The summed E-state index contributed by atoms with van der Waals surface area (Å²) in [4.78, 5) is 2.52. The summed E-state index contributed by atoms with van der Waals surface area (Å²) in [7, 11) is 0. The Balaban J connectivity index is 2.13. The lowest BCUT2D eigenvalue weighted by atomic mass is 9.94. The molecule has 0 radical (unpaired) electrons. The molecule has 1 fully saturated rings. The van der Waals surface area contributed by atoms with Crippen molar-refractivity contribution in [2.45, 2.75) is 51.1 Å². The maximum atomic E-state index is 13.0. The second-order valence-electron chi connectivity index (χ2n) is 5.68. The standard InChI is InChI=1S/C16H25FN2/c1-2-11-19(16(13-18)9-3-4-10-16)12-14-5-7-15(17)8-6-14/h5-8H,2-4,9-13,18H2,1H3. The number of hydrogen-bond acceptors (Lipinski definition) is 2. The number of hydrogen-bond donors (Lipinski definition) is 1. The molecule has 1 aliphatic rings. The molecular formula is C16H25FN2. The van der Waals surface area contributed by atoms with Crippen LogP contribution >= 0.6 is 0 Å². The highest BCUT2D eigenvalue weighted by Crippen LogP contribution is 2.35. The SMILES string of the molecule is CCCN(Cc1ccc(F)cc1)C1(CN)CCCC1. The van der Waals surface area contributed by atoms with E-state index in [9.17, 15) is 4.39 Å². The lowest BCUT2D eigenvalue weighted by molar-refractivity contribution is 0.0903. The Morgan fingerprint density at radius 3 is 2.37 bits per heavy atom. The van der Waals surface area contributed by atoms with Crippen molar-refractivity contribution in [2.75, 3.05) is 13.1 Å². The van der Waals surface area contributed by atoms with E-state index in [1.807, 2.05) is 12.1 Å². The van der Waals surface area contributed by atoms with E-state index in [4.69, 9.17) is 5.73 Å². The average molecular weight is 264 g/mol. The first kappa shape index (κ1) is 14.5. The highest BCUT2D eigenvalue weighted by molar-refractivity contribution is 5.16. The van der Waals surface area contributed by atoms with Crippen molar-refractivity contribution in [3.63, 3.8) is 0 Å². The van der Waals surface area contributed by atoms with Gasteiger partial charge in [-0.15, -0.1) is 0 Å². The summed E-state index contributed by atoms with van der Waals surface area (Å²) in [6.45, 7) is 4.88. The van der Waals surface area contributed by atoms with Gasteiger partial charge in [-0.1, -0.05) is 31.9 Å². The third-order valence-corrected chi connectivity index (χ3v) is 4.37. The maximum absolute atomic E-state index is 13.0. The van der Waals surface area contributed by atoms with Crippen LogP contribution in [-0.2, 0) is 6.54 Å². The van der Waals surface area contributed by atoms with E-state index < -0.39 is 0 Å². The predicted molar refractivity (Wildman–Crippen MR) is 77.4 cm³/mol. The molecule has 1 aromatic carbocycles. The van der Waals surface area contributed by atoms with Crippen LogP contribution in [0.3, 0.4) is 0 Å². The van der Waals surface area contributed by atoms with Gasteiger partial charge < -0.3 is 5.73 Å². The average Bonchev–Trinajstić information content (AvgIpc) is 2.91. The zero-order valence-electron chi connectivity index (χ0n) is 11.9. The van der Waals surface area contributed by atoms with Crippen LogP contribution in [-0.4, -0.2) is 23.5 Å². The summed E-state index contributed by atoms with van der Waals surface area (Å²) in [6, 6.07) is 6.86. The van der Waals surface area contributed by atoms with Gasteiger partial charge in [0, 0.05) is 18.6 Å². The maximum Gasteiger partial charge on any atom is 0.123 e. The zero-order valence-corrected chi connectivity index (χ0v) is 11.9. The Morgan fingerprint density at radius 2 is 1.84 bits per heavy atom. The Morgan fingerprint density at radius 1 is 1.21 bits per heavy atom. The second kappa shape index (κ2) is 6.49. The van der Waals surface area contributed by atoms with Crippen LogP contribution in [0.5, 0.6) is 0 Å². The third kappa shape index (κ3) is 3.34. The van der Waals surface area contributed by atoms with Crippen LogP contribution in [0.15, 0.2) is 24.3 Å². The summed E-state index contributed by atoms with van der Waals surface area (Å²) in [6.07, 6.45) is 6.08. The Hall–Kier alpha value is -0.930. The summed E-state index contributed by atoms with van der Waals surface area (Å²) in [5.41, 5.74) is 7.42. The summed E-state index contributed by atoms with van der Waals surface area (Å²) >= 11 is 0. The lowest BCUT2D eigenvalue weighted by Gasteiger charge is -2.41. The molecule has 0 heterocycles. The summed E-state index contributed by atoms with van der Waals surface area (Å²) < 4.78 is 13.0. The van der Waals surface area contributed by atoms with Crippen molar-refractivity contribution in [3.05, 3.63) is 35.6 Å². The van der Waals surface area contributed by atoms with E-state index in [-0.39, 0.29) is 11.4 Å². The molecular weight excluding hydrogens is 239 g/mol. The largest absolute Gasteiger partial charge is 0.329 e. The fourth-order valence-electron chi connectivity index (χ4n) is 3.25. The second-order valence-corrected chi connectivity index (χ2v) is 5.68. The van der Waals surface area contributed by atoms with Crippen molar-refractivity contribution in [3.8, 4) is 0 Å². The van der Waals surface area contributed by atoms with Crippen molar-refractivity contribution in [1.29, 1.82) is 0 Å². The van der Waals surface area contributed by atoms with E-state index in [2.05, 4.69) is 11.8 Å². The van der Waals surface area contributed by atoms with Crippen LogP contribution in [0.25, 0.3) is 0 Å². The van der Waals surface area contributed by atoms with Gasteiger partial charge in [0.2, 0.25) is 0 Å². The van der Waals surface area contributed by atoms with Crippen molar-refractivity contribution in [2.24, 2.45) is 5.73 Å². The van der Waals surface area contributed by atoms with Gasteiger partial charge in [-0.2, -0.15) is 0 Å². The highest BCUT2D eigenvalue weighted by atomic mass is 19.1. The first-order valence-electron chi connectivity index (χ1n) is 7.40. The summed E-state index contributed by atoms with van der Waals surface area (Å²) in [5.74, 6) is -0.166. The Bertz CT molecular complexity index is 382. The normalized spacial score (nSPS) is 18.1. The molecule has 19 heavy (non-hydrogen) atoms. The lowest BCUT2D eigenvalue weighted by Crippen LogP contribution is -2.51. The minimum Gasteiger partial charge on any atom is -0.329 e. The third-order valence-electron chi connectivity index (χ3n) is 4.37. The quantitative estimate of drug-likeness (QED) is 0.854. The van der Waals surface area contributed by atoms with Crippen LogP contribution in [0.2, 0.25) is 0 Å². The van der Waals surface area contributed by atoms with E-state index in [1.165, 1.54) is 31.2 Å². The number of benzene rings is 1. The van der Waals surface area contributed by atoms with Crippen molar-refractivity contribution < 1.29 is 4.39 Å². The van der Waals surface area contributed by atoms with Gasteiger partial charge in [0.25, 0.3) is 0 Å². The molecule has 2 rings (SSSR count). The molecule has 3 heteroatoms. The van der Waals surface area contributed by atoms with E-state index in [1.54, 1.807) is 12.1 Å². The minimum atomic E-state index is -0.166. The molecule has 0 aliphatic heterocycles. The molecule has 0 atom stereocenters. The van der Waals surface area contributed by atoms with Crippen LogP contribution < -0.4 is 5.73 Å². The zero-order chi connectivity index (χ0) is 13.7. The predicted octanol–water partition coefficient (Wildman–Crippen LogP) is 3.31. The molecule has 2 nitrogen and oxygen atoms in total. The van der Waals surface area contributed by atoms with Crippen LogP contribution in [0.1, 0.15) is 44.6 Å². The van der Waals surface area contributed by atoms with Crippen LogP contribution in [0, 0.1) is 5.82 Å². The highest BCUT2D eigenvalue weighted by Gasteiger charge is 2.37. The minimum absolute atomic E-state index is 0.166. The molecule has 0 amide bonds. The number of nitrogens with two attached hydrogens (primary N) is 1. The van der Waals surface area contributed by atoms with Gasteiger partial charge in [-0.25, -0.2) is 4.39 Å². The molecule has 1 aromatic rings. The fraction of sp³-hybridized carbons (Fsp3) is 0.625. The molecule has 0 unspecified atom stereocenters. The molecule has 0 spiro atoms. The molecule has 106 valence electrons. The number of halogens is 1. The van der Waals surface area contributed by atoms with Gasteiger partial charge in [0.15, 0.2) is 0 Å². The molecule has 0 saturated heterocycles.